The van der Waals surface area contributed by atoms with E-state index in [1.807, 2.05) is 43.5 Å². The largest absolute Gasteiger partial charge is 0.423 e. The Morgan fingerprint density at radius 1 is 1.20 bits per heavy atom. The highest BCUT2D eigenvalue weighted by atomic mass is 32.1. The Labute approximate surface area is 150 Å². The van der Waals surface area contributed by atoms with Crippen LogP contribution in [0.15, 0.2) is 44.9 Å². The van der Waals surface area contributed by atoms with E-state index in [-0.39, 0.29) is 18.0 Å². The second kappa shape index (κ2) is 7.66. The Morgan fingerprint density at radius 3 is 2.80 bits per heavy atom. The van der Waals surface area contributed by atoms with E-state index >= 15 is 0 Å². The Balaban J connectivity index is 1.63. The lowest BCUT2D eigenvalue weighted by molar-refractivity contribution is -0.121. The number of carbonyl (C=O) groups is 1. The number of carbonyl (C=O) groups excluding carboxylic acids is 1. The van der Waals surface area contributed by atoms with Gasteiger partial charge in [-0.3, -0.25) is 4.79 Å². The summed E-state index contributed by atoms with van der Waals surface area (Å²) in [6.07, 6.45) is 1.51. The summed E-state index contributed by atoms with van der Waals surface area (Å²) in [5.41, 5.74) is 2.80. The number of benzene rings is 1. The van der Waals surface area contributed by atoms with Gasteiger partial charge in [0, 0.05) is 28.8 Å². The van der Waals surface area contributed by atoms with Gasteiger partial charge in [-0.2, -0.15) is 0 Å². The smallest absolute Gasteiger partial charge is 0.339 e. The minimum atomic E-state index is -0.345. The van der Waals surface area contributed by atoms with Gasteiger partial charge in [-0.25, -0.2) is 4.79 Å². The molecular formula is C20H21NO3S. The van der Waals surface area contributed by atoms with Crippen LogP contribution in [0.4, 0.5) is 0 Å². The second-order valence-corrected chi connectivity index (χ2v) is 7.20. The maximum Gasteiger partial charge on any atom is 0.339 e. The van der Waals surface area contributed by atoms with E-state index in [0.717, 1.165) is 22.9 Å². The molecule has 0 saturated heterocycles. The lowest BCUT2D eigenvalue weighted by Gasteiger charge is -2.08. The van der Waals surface area contributed by atoms with Crippen molar-refractivity contribution in [1.29, 1.82) is 0 Å². The first-order valence-electron chi connectivity index (χ1n) is 8.36. The first kappa shape index (κ1) is 17.4. The van der Waals surface area contributed by atoms with Gasteiger partial charge in [-0.1, -0.05) is 18.2 Å². The van der Waals surface area contributed by atoms with Crippen molar-refractivity contribution in [1.82, 2.24) is 5.32 Å². The minimum absolute atomic E-state index is 0.0423. The van der Waals surface area contributed by atoms with Crippen molar-refractivity contribution >= 4 is 28.2 Å². The molecule has 0 atom stereocenters. The maximum atomic E-state index is 12.3. The van der Waals surface area contributed by atoms with Gasteiger partial charge in [0.1, 0.15) is 5.58 Å². The van der Waals surface area contributed by atoms with Crippen molar-refractivity contribution in [2.24, 2.45) is 0 Å². The summed E-state index contributed by atoms with van der Waals surface area (Å²) in [4.78, 5) is 25.5. The van der Waals surface area contributed by atoms with E-state index in [0.29, 0.717) is 24.1 Å². The molecule has 0 aliphatic carbocycles. The van der Waals surface area contributed by atoms with Crippen LogP contribution in [-0.2, 0) is 17.6 Å². The summed E-state index contributed by atoms with van der Waals surface area (Å²) in [6, 6.07) is 9.89. The normalized spacial score (nSPS) is 11.0. The first-order chi connectivity index (χ1) is 12.0. The molecule has 1 amide bonds. The van der Waals surface area contributed by atoms with Crippen LogP contribution in [0, 0.1) is 13.8 Å². The van der Waals surface area contributed by atoms with Gasteiger partial charge in [0.05, 0.1) is 0 Å². The molecule has 4 nitrogen and oxygen atoms in total. The van der Waals surface area contributed by atoms with Crippen LogP contribution in [0.3, 0.4) is 0 Å². The third-order valence-electron chi connectivity index (χ3n) is 4.32. The summed E-state index contributed by atoms with van der Waals surface area (Å²) >= 11 is 1.69. The van der Waals surface area contributed by atoms with Crippen molar-refractivity contribution in [3.05, 3.63) is 67.7 Å². The van der Waals surface area contributed by atoms with Gasteiger partial charge in [0.2, 0.25) is 5.91 Å². The van der Waals surface area contributed by atoms with Crippen LogP contribution in [0.2, 0.25) is 0 Å². The fourth-order valence-corrected chi connectivity index (χ4v) is 3.61. The van der Waals surface area contributed by atoms with Crippen LogP contribution in [-0.4, -0.2) is 12.5 Å². The van der Waals surface area contributed by atoms with E-state index in [1.54, 1.807) is 11.3 Å². The maximum absolute atomic E-state index is 12.3. The van der Waals surface area contributed by atoms with Crippen molar-refractivity contribution in [2.45, 2.75) is 33.1 Å². The predicted molar refractivity (Wildman–Crippen MR) is 101 cm³/mol. The monoisotopic (exact) mass is 355 g/mol. The van der Waals surface area contributed by atoms with Gasteiger partial charge >= 0.3 is 5.63 Å². The number of aryl methyl sites for hydroxylation is 2. The molecule has 0 fully saturated rings. The Hall–Kier alpha value is -2.40. The highest BCUT2D eigenvalue weighted by Gasteiger charge is 2.13. The minimum Gasteiger partial charge on any atom is -0.423 e. The Morgan fingerprint density at radius 2 is 2.04 bits per heavy atom. The van der Waals surface area contributed by atoms with E-state index in [2.05, 4.69) is 11.4 Å². The van der Waals surface area contributed by atoms with Crippen LogP contribution in [0.1, 0.15) is 28.0 Å². The van der Waals surface area contributed by atoms with Gasteiger partial charge in [0.25, 0.3) is 0 Å². The molecule has 0 aliphatic rings. The predicted octanol–water partition coefficient (Wildman–Crippen LogP) is 3.76. The third-order valence-corrected chi connectivity index (χ3v) is 5.25. The molecule has 0 spiro atoms. The number of hydrogen-bond acceptors (Lipinski definition) is 4. The van der Waals surface area contributed by atoms with E-state index in [1.165, 1.54) is 4.88 Å². The molecule has 1 N–H and O–H groups in total. The standard InChI is InChI=1S/C20H21NO3S/c1-13-5-6-16-14(2)17(20(23)24-18(16)12-13)7-8-19(22)21-10-9-15-4-3-11-25-15/h3-6,11-12H,7-10H2,1-2H3,(H,21,22). The molecule has 0 unspecified atom stereocenters. The molecule has 0 bridgehead atoms. The molecule has 3 aromatic rings. The quantitative estimate of drug-likeness (QED) is 0.685. The summed E-state index contributed by atoms with van der Waals surface area (Å²) < 4.78 is 5.43. The second-order valence-electron chi connectivity index (χ2n) is 6.17. The zero-order valence-corrected chi connectivity index (χ0v) is 15.2. The SMILES string of the molecule is Cc1ccc2c(C)c(CCC(=O)NCCc3cccs3)c(=O)oc2c1. The average Bonchev–Trinajstić information content (AvgIpc) is 3.07. The summed E-state index contributed by atoms with van der Waals surface area (Å²) in [7, 11) is 0. The molecule has 3 rings (SSSR count). The summed E-state index contributed by atoms with van der Waals surface area (Å²) in [5, 5.41) is 5.87. The molecule has 0 aliphatic heterocycles. The number of nitrogens with one attached hydrogen (secondary N) is 1. The lowest BCUT2D eigenvalue weighted by Crippen LogP contribution is -2.26. The van der Waals surface area contributed by atoms with Crippen LogP contribution < -0.4 is 10.9 Å². The topological polar surface area (TPSA) is 59.3 Å². The van der Waals surface area contributed by atoms with Crippen LogP contribution in [0.25, 0.3) is 11.0 Å². The van der Waals surface area contributed by atoms with Crippen molar-refractivity contribution in [2.75, 3.05) is 6.54 Å². The molecular weight excluding hydrogens is 334 g/mol. The Bertz CT molecular complexity index is 941. The zero-order chi connectivity index (χ0) is 17.8. The van der Waals surface area contributed by atoms with Gasteiger partial charge in [-0.15, -0.1) is 11.3 Å². The highest BCUT2D eigenvalue weighted by Crippen LogP contribution is 2.21. The average molecular weight is 355 g/mol. The van der Waals surface area contributed by atoms with E-state index in [9.17, 15) is 9.59 Å². The summed E-state index contributed by atoms with van der Waals surface area (Å²) in [5.74, 6) is -0.0423. The molecule has 2 aromatic heterocycles. The number of thiophene rings is 1. The zero-order valence-electron chi connectivity index (χ0n) is 14.4. The molecule has 2 heterocycles. The molecule has 25 heavy (non-hydrogen) atoms. The fourth-order valence-electron chi connectivity index (χ4n) is 2.90. The van der Waals surface area contributed by atoms with E-state index in [4.69, 9.17) is 4.42 Å². The third kappa shape index (κ3) is 4.17. The van der Waals surface area contributed by atoms with E-state index < -0.39 is 0 Å². The molecule has 5 heteroatoms. The number of amides is 1. The number of rotatable bonds is 6. The summed E-state index contributed by atoms with van der Waals surface area (Å²) in [6.45, 7) is 4.49. The highest BCUT2D eigenvalue weighted by molar-refractivity contribution is 7.09. The molecule has 1 aromatic carbocycles. The lowest BCUT2D eigenvalue weighted by atomic mass is 10.0. The van der Waals surface area contributed by atoms with Crippen LogP contribution in [0.5, 0.6) is 0 Å². The first-order valence-corrected chi connectivity index (χ1v) is 9.24. The number of hydrogen-bond donors (Lipinski definition) is 1. The number of fused-ring (bicyclic) bond motifs is 1. The molecule has 0 radical (unpaired) electrons. The Kier molecular flexibility index (Phi) is 5.34. The van der Waals surface area contributed by atoms with Gasteiger partial charge in [0.15, 0.2) is 0 Å². The van der Waals surface area contributed by atoms with Crippen molar-refractivity contribution < 1.29 is 9.21 Å². The fraction of sp³-hybridized carbons (Fsp3) is 0.300. The van der Waals surface area contributed by atoms with Gasteiger partial charge < -0.3 is 9.73 Å². The van der Waals surface area contributed by atoms with Crippen LogP contribution >= 0.6 is 11.3 Å². The van der Waals surface area contributed by atoms with Crippen molar-refractivity contribution in [3.63, 3.8) is 0 Å². The van der Waals surface area contributed by atoms with Gasteiger partial charge in [-0.05, 0) is 55.3 Å². The van der Waals surface area contributed by atoms with Crippen molar-refractivity contribution in [3.8, 4) is 0 Å². The molecule has 130 valence electrons. The molecule has 0 saturated carbocycles.